The zero-order valence-corrected chi connectivity index (χ0v) is 12.4. The zero-order valence-electron chi connectivity index (χ0n) is 12.4. The maximum atomic E-state index is 6.01. The van der Waals surface area contributed by atoms with E-state index in [2.05, 4.69) is 51.2 Å². The lowest BCUT2D eigenvalue weighted by Crippen LogP contribution is -2.31. The smallest absolute Gasteiger partial charge is 0.123 e. The Morgan fingerprint density at radius 3 is 2.44 bits per heavy atom. The fourth-order valence-electron chi connectivity index (χ4n) is 2.06. The maximum absolute atomic E-state index is 6.01. The molecule has 0 aromatic heterocycles. The number of likely N-dealkylation sites (N-methyl/N-ethyl adjacent to an activating group) is 1. The van der Waals surface area contributed by atoms with Crippen molar-refractivity contribution in [2.24, 2.45) is 0 Å². The van der Waals surface area contributed by atoms with Crippen molar-refractivity contribution in [2.75, 3.05) is 13.7 Å². The van der Waals surface area contributed by atoms with Crippen molar-refractivity contribution in [1.29, 1.82) is 0 Å². The first-order valence-electron chi connectivity index (χ1n) is 6.88. The Labute approximate surface area is 112 Å². The van der Waals surface area contributed by atoms with Gasteiger partial charge in [-0.3, -0.25) is 0 Å². The van der Waals surface area contributed by atoms with E-state index in [9.17, 15) is 0 Å². The van der Waals surface area contributed by atoms with Gasteiger partial charge in [-0.2, -0.15) is 0 Å². The van der Waals surface area contributed by atoms with Gasteiger partial charge in [0.1, 0.15) is 12.4 Å². The van der Waals surface area contributed by atoms with E-state index >= 15 is 0 Å². The number of benzene rings is 1. The summed E-state index contributed by atoms with van der Waals surface area (Å²) in [5.41, 5.74) is 1.40. The van der Waals surface area contributed by atoms with Crippen LogP contribution in [0.2, 0.25) is 0 Å². The molecule has 2 nitrogen and oxygen atoms in total. The second kappa shape index (κ2) is 6.79. The topological polar surface area (TPSA) is 21.3 Å². The number of nitrogens with one attached hydrogen (secondary N) is 1. The molecule has 102 valence electrons. The molecule has 1 unspecified atom stereocenters. The summed E-state index contributed by atoms with van der Waals surface area (Å²) < 4.78 is 6.01. The van der Waals surface area contributed by atoms with Crippen LogP contribution in [0.5, 0.6) is 5.75 Å². The number of ether oxygens (including phenoxy) is 1. The lowest BCUT2D eigenvalue weighted by atomic mass is 9.86. The van der Waals surface area contributed by atoms with Gasteiger partial charge in [-0.25, -0.2) is 0 Å². The minimum Gasteiger partial charge on any atom is -0.492 e. The first-order chi connectivity index (χ1) is 8.49. The highest BCUT2D eigenvalue weighted by molar-refractivity contribution is 5.38. The fourth-order valence-corrected chi connectivity index (χ4v) is 2.06. The van der Waals surface area contributed by atoms with Crippen LogP contribution in [0, 0.1) is 0 Å². The quantitative estimate of drug-likeness (QED) is 0.829. The van der Waals surface area contributed by atoms with Crippen LogP contribution >= 0.6 is 0 Å². The Morgan fingerprint density at radius 1 is 1.22 bits per heavy atom. The van der Waals surface area contributed by atoms with E-state index < -0.39 is 0 Å². The average molecular weight is 249 g/mol. The Hall–Kier alpha value is -1.02. The Balaban J connectivity index is 2.73. The standard InChI is InChI=1S/C16H27NO/c1-6-9-13(17-5)12-18-15-11-8-7-10-14(15)16(2,3)4/h7-8,10-11,13,17H,6,9,12H2,1-5H3. The van der Waals surface area contributed by atoms with E-state index in [4.69, 9.17) is 4.74 Å². The molecule has 1 aromatic rings. The number of hydrogen-bond donors (Lipinski definition) is 1. The molecule has 18 heavy (non-hydrogen) atoms. The minimum absolute atomic E-state index is 0.122. The summed E-state index contributed by atoms with van der Waals surface area (Å²) in [6.07, 6.45) is 2.32. The van der Waals surface area contributed by atoms with Crippen LogP contribution < -0.4 is 10.1 Å². The van der Waals surface area contributed by atoms with Gasteiger partial charge in [0.15, 0.2) is 0 Å². The average Bonchev–Trinajstić information content (AvgIpc) is 2.33. The number of rotatable bonds is 6. The molecule has 1 atom stereocenters. The summed E-state index contributed by atoms with van der Waals surface area (Å²) in [6, 6.07) is 8.78. The van der Waals surface area contributed by atoms with Gasteiger partial charge in [0.2, 0.25) is 0 Å². The summed E-state index contributed by atoms with van der Waals surface area (Å²) in [5.74, 6) is 1.02. The van der Waals surface area contributed by atoms with Crippen LogP contribution in [-0.4, -0.2) is 19.7 Å². The molecule has 0 fully saturated rings. The molecule has 0 bridgehead atoms. The zero-order chi connectivity index (χ0) is 13.6. The highest BCUT2D eigenvalue weighted by Crippen LogP contribution is 2.30. The van der Waals surface area contributed by atoms with Gasteiger partial charge in [-0.05, 0) is 30.5 Å². The van der Waals surface area contributed by atoms with E-state index in [0.29, 0.717) is 6.04 Å². The third-order valence-electron chi connectivity index (χ3n) is 3.18. The van der Waals surface area contributed by atoms with Gasteiger partial charge in [-0.15, -0.1) is 0 Å². The first kappa shape index (κ1) is 15.0. The van der Waals surface area contributed by atoms with Gasteiger partial charge in [-0.1, -0.05) is 52.3 Å². The molecule has 0 spiro atoms. The predicted molar refractivity (Wildman–Crippen MR) is 78.4 cm³/mol. The molecule has 0 aliphatic carbocycles. The summed E-state index contributed by atoms with van der Waals surface area (Å²) in [6.45, 7) is 9.59. The van der Waals surface area contributed by atoms with Crippen molar-refractivity contribution < 1.29 is 4.74 Å². The lowest BCUT2D eigenvalue weighted by Gasteiger charge is -2.24. The van der Waals surface area contributed by atoms with Crippen molar-refractivity contribution in [3.8, 4) is 5.75 Å². The van der Waals surface area contributed by atoms with Crippen LogP contribution in [0.15, 0.2) is 24.3 Å². The van der Waals surface area contributed by atoms with Gasteiger partial charge in [0, 0.05) is 6.04 Å². The van der Waals surface area contributed by atoms with Crippen molar-refractivity contribution in [3.63, 3.8) is 0 Å². The van der Waals surface area contributed by atoms with E-state index in [1.165, 1.54) is 12.0 Å². The van der Waals surface area contributed by atoms with Gasteiger partial charge < -0.3 is 10.1 Å². The molecular weight excluding hydrogens is 222 g/mol. The second-order valence-corrected chi connectivity index (χ2v) is 5.83. The monoisotopic (exact) mass is 249 g/mol. The van der Waals surface area contributed by atoms with Crippen LogP contribution in [0.1, 0.15) is 46.1 Å². The fraction of sp³-hybridized carbons (Fsp3) is 0.625. The van der Waals surface area contributed by atoms with Crippen LogP contribution in [-0.2, 0) is 5.41 Å². The molecule has 1 aromatic carbocycles. The lowest BCUT2D eigenvalue weighted by molar-refractivity contribution is 0.257. The van der Waals surface area contributed by atoms with Crippen molar-refractivity contribution >= 4 is 0 Å². The van der Waals surface area contributed by atoms with Gasteiger partial charge >= 0.3 is 0 Å². The van der Waals surface area contributed by atoms with Gasteiger partial charge in [0.25, 0.3) is 0 Å². The normalized spacial score (nSPS) is 13.4. The van der Waals surface area contributed by atoms with Crippen molar-refractivity contribution in [1.82, 2.24) is 5.32 Å². The second-order valence-electron chi connectivity index (χ2n) is 5.83. The highest BCUT2D eigenvalue weighted by atomic mass is 16.5. The first-order valence-corrected chi connectivity index (χ1v) is 6.88. The SMILES string of the molecule is CCCC(COc1ccccc1C(C)(C)C)NC. The number of hydrogen-bond acceptors (Lipinski definition) is 2. The Morgan fingerprint density at radius 2 is 1.89 bits per heavy atom. The molecule has 1 N–H and O–H groups in total. The third-order valence-corrected chi connectivity index (χ3v) is 3.18. The van der Waals surface area contributed by atoms with Gasteiger partial charge in [0.05, 0.1) is 0 Å². The summed E-state index contributed by atoms with van der Waals surface area (Å²) in [5, 5.41) is 3.31. The molecular formula is C16H27NO. The van der Waals surface area contributed by atoms with Crippen LogP contribution in [0.4, 0.5) is 0 Å². The van der Waals surface area contributed by atoms with Crippen molar-refractivity contribution in [2.45, 2.75) is 52.0 Å². The summed E-state index contributed by atoms with van der Waals surface area (Å²) in [4.78, 5) is 0. The Kier molecular flexibility index (Phi) is 5.67. The molecule has 0 radical (unpaired) electrons. The molecule has 0 saturated heterocycles. The molecule has 0 aliphatic heterocycles. The molecule has 0 saturated carbocycles. The number of para-hydroxylation sites is 1. The molecule has 0 aliphatic rings. The maximum Gasteiger partial charge on any atom is 0.123 e. The van der Waals surface area contributed by atoms with E-state index in [0.717, 1.165) is 18.8 Å². The highest BCUT2D eigenvalue weighted by Gasteiger charge is 2.18. The predicted octanol–water partition coefficient (Wildman–Crippen LogP) is 3.75. The van der Waals surface area contributed by atoms with Crippen LogP contribution in [0.25, 0.3) is 0 Å². The molecule has 1 rings (SSSR count). The van der Waals surface area contributed by atoms with E-state index in [1.54, 1.807) is 0 Å². The van der Waals surface area contributed by atoms with E-state index in [1.807, 2.05) is 13.1 Å². The van der Waals surface area contributed by atoms with E-state index in [-0.39, 0.29) is 5.41 Å². The molecule has 0 heterocycles. The largest absolute Gasteiger partial charge is 0.492 e. The summed E-state index contributed by atoms with van der Waals surface area (Å²) >= 11 is 0. The summed E-state index contributed by atoms with van der Waals surface area (Å²) in [7, 11) is 2.00. The minimum atomic E-state index is 0.122. The van der Waals surface area contributed by atoms with Crippen molar-refractivity contribution in [3.05, 3.63) is 29.8 Å². The molecule has 2 heteroatoms. The Bertz CT molecular complexity index is 354. The third kappa shape index (κ3) is 4.34. The molecule has 0 amide bonds. The van der Waals surface area contributed by atoms with Crippen LogP contribution in [0.3, 0.4) is 0 Å².